The highest BCUT2D eigenvalue weighted by atomic mass is 32.1. The topological polar surface area (TPSA) is 42.0 Å². The quantitative estimate of drug-likeness (QED) is 0.872. The van der Waals surface area contributed by atoms with Crippen LogP contribution in [0.5, 0.6) is 0 Å². The van der Waals surface area contributed by atoms with Gasteiger partial charge in [-0.25, -0.2) is 4.98 Å². The van der Waals surface area contributed by atoms with E-state index in [9.17, 15) is 18.0 Å². The highest BCUT2D eigenvalue weighted by molar-refractivity contribution is 7.13. The first-order valence-corrected chi connectivity index (χ1v) is 7.55. The van der Waals surface area contributed by atoms with Crippen LogP contribution in [0.3, 0.4) is 0 Å². The minimum absolute atomic E-state index is 0.128. The Balaban J connectivity index is 1.63. The lowest BCUT2D eigenvalue weighted by molar-refractivity contribution is -0.137. The van der Waals surface area contributed by atoms with Crippen LogP contribution in [0.2, 0.25) is 0 Å². The first-order valence-electron chi connectivity index (χ1n) is 6.74. The summed E-state index contributed by atoms with van der Waals surface area (Å²) in [6.45, 7) is 0. The Morgan fingerprint density at radius 1 is 1.35 bits per heavy atom. The van der Waals surface area contributed by atoms with Gasteiger partial charge in [-0.2, -0.15) is 13.2 Å². The average molecular weight is 304 g/mol. The Morgan fingerprint density at radius 2 is 2.00 bits per heavy atom. The molecule has 3 rings (SSSR count). The van der Waals surface area contributed by atoms with Gasteiger partial charge in [-0.1, -0.05) is 0 Å². The molecule has 0 radical (unpaired) electrons. The van der Waals surface area contributed by atoms with Crippen molar-refractivity contribution in [2.45, 2.75) is 50.4 Å². The number of hydrogen-bond acceptors (Lipinski definition) is 4. The fourth-order valence-electron chi connectivity index (χ4n) is 3.24. The minimum atomic E-state index is -4.46. The maximum Gasteiger partial charge on any atom is 0.443 e. The molecule has 0 spiro atoms. The molecule has 2 bridgehead atoms. The van der Waals surface area contributed by atoms with Crippen molar-refractivity contribution < 1.29 is 18.0 Å². The molecule has 0 aromatic carbocycles. The Kier molecular flexibility index (Phi) is 3.58. The number of thiazole rings is 1. The van der Waals surface area contributed by atoms with E-state index in [-0.39, 0.29) is 16.6 Å². The number of nitrogens with one attached hydrogen (secondary N) is 1. The number of fused-ring (bicyclic) bond motifs is 2. The second kappa shape index (κ2) is 5.11. The lowest BCUT2D eigenvalue weighted by atomic mass is 9.88. The number of piperidine rings is 1. The van der Waals surface area contributed by atoms with Crippen LogP contribution in [0.4, 0.5) is 13.2 Å². The van der Waals surface area contributed by atoms with Gasteiger partial charge in [0.05, 0.1) is 4.88 Å². The van der Waals surface area contributed by atoms with Crippen molar-refractivity contribution in [2.75, 3.05) is 0 Å². The van der Waals surface area contributed by atoms with Crippen LogP contribution in [0, 0.1) is 5.92 Å². The molecule has 7 heteroatoms. The van der Waals surface area contributed by atoms with E-state index in [1.54, 1.807) is 0 Å². The summed E-state index contributed by atoms with van der Waals surface area (Å²) in [7, 11) is 0. The molecule has 2 saturated heterocycles. The van der Waals surface area contributed by atoms with E-state index in [1.165, 1.54) is 0 Å². The number of ketones is 1. The van der Waals surface area contributed by atoms with E-state index >= 15 is 0 Å². The van der Waals surface area contributed by atoms with Crippen LogP contribution in [-0.2, 0) is 6.18 Å². The zero-order valence-corrected chi connectivity index (χ0v) is 11.6. The third-order valence-electron chi connectivity index (χ3n) is 4.07. The van der Waals surface area contributed by atoms with E-state index in [0.717, 1.165) is 31.9 Å². The molecule has 2 aliphatic heterocycles. The van der Waals surface area contributed by atoms with Crippen molar-refractivity contribution in [3.8, 4) is 0 Å². The Bertz CT molecular complexity index is 502. The van der Waals surface area contributed by atoms with Gasteiger partial charge >= 0.3 is 6.18 Å². The number of hydrogen-bond donors (Lipinski definition) is 1. The SMILES string of the molecule is O=C(CC1CC2CCC(C1)N2)c1cnc(C(F)(F)F)s1. The van der Waals surface area contributed by atoms with Gasteiger partial charge in [0, 0.05) is 24.7 Å². The average Bonchev–Trinajstić information content (AvgIpc) is 2.96. The summed E-state index contributed by atoms with van der Waals surface area (Å²) in [4.78, 5) is 15.5. The molecule has 2 aliphatic rings. The first kappa shape index (κ1) is 14.0. The largest absolute Gasteiger partial charge is 0.443 e. The molecule has 3 nitrogen and oxygen atoms in total. The number of rotatable bonds is 3. The van der Waals surface area contributed by atoms with Crippen LogP contribution in [-0.4, -0.2) is 22.9 Å². The van der Waals surface area contributed by atoms with Crippen LogP contribution in [0.25, 0.3) is 0 Å². The van der Waals surface area contributed by atoms with Gasteiger partial charge in [0.1, 0.15) is 0 Å². The third kappa shape index (κ3) is 2.88. The van der Waals surface area contributed by atoms with Crippen molar-refractivity contribution in [1.82, 2.24) is 10.3 Å². The van der Waals surface area contributed by atoms with Crippen LogP contribution in [0.1, 0.15) is 46.8 Å². The predicted octanol–water partition coefficient (Wildman–Crippen LogP) is 3.27. The molecule has 0 saturated carbocycles. The Hall–Kier alpha value is -0.950. The number of carbonyl (C=O) groups excluding carboxylic acids is 1. The van der Waals surface area contributed by atoms with Crippen molar-refractivity contribution in [3.63, 3.8) is 0 Å². The highest BCUT2D eigenvalue weighted by Gasteiger charge is 2.37. The molecule has 2 atom stereocenters. The van der Waals surface area contributed by atoms with Crippen molar-refractivity contribution in [1.29, 1.82) is 0 Å². The molecule has 1 aromatic rings. The second-order valence-electron chi connectivity index (χ2n) is 5.63. The van der Waals surface area contributed by atoms with Crippen LogP contribution in [0.15, 0.2) is 6.20 Å². The summed E-state index contributed by atoms with van der Waals surface area (Å²) in [5, 5.41) is 2.55. The van der Waals surface area contributed by atoms with Crippen molar-refractivity contribution in [2.24, 2.45) is 5.92 Å². The normalized spacial score (nSPS) is 29.6. The van der Waals surface area contributed by atoms with Crippen molar-refractivity contribution >= 4 is 17.1 Å². The number of aromatic nitrogens is 1. The summed E-state index contributed by atoms with van der Waals surface area (Å²) >= 11 is 0.452. The molecule has 3 heterocycles. The molecule has 2 fully saturated rings. The molecular weight excluding hydrogens is 289 g/mol. The lowest BCUT2D eigenvalue weighted by Gasteiger charge is -2.28. The monoisotopic (exact) mass is 304 g/mol. The minimum Gasteiger partial charge on any atom is -0.311 e. The molecular formula is C13H15F3N2OS. The molecule has 20 heavy (non-hydrogen) atoms. The van der Waals surface area contributed by atoms with E-state index in [0.29, 0.717) is 29.8 Å². The number of alkyl halides is 3. The second-order valence-corrected chi connectivity index (χ2v) is 6.66. The van der Waals surface area contributed by atoms with E-state index in [2.05, 4.69) is 10.3 Å². The number of nitrogens with zero attached hydrogens (tertiary/aromatic N) is 1. The molecule has 2 unspecified atom stereocenters. The van der Waals surface area contributed by atoms with Crippen molar-refractivity contribution in [3.05, 3.63) is 16.1 Å². The Labute approximate surface area is 118 Å². The first-order chi connectivity index (χ1) is 9.41. The van der Waals surface area contributed by atoms with Crippen LogP contribution < -0.4 is 5.32 Å². The summed E-state index contributed by atoms with van der Waals surface area (Å²) < 4.78 is 37.4. The maximum atomic E-state index is 12.5. The summed E-state index contributed by atoms with van der Waals surface area (Å²) in [5.41, 5.74) is 0. The zero-order valence-electron chi connectivity index (χ0n) is 10.7. The zero-order chi connectivity index (χ0) is 14.3. The van der Waals surface area contributed by atoms with Crippen LogP contribution >= 0.6 is 11.3 Å². The molecule has 1 N–H and O–H groups in total. The van der Waals surface area contributed by atoms with E-state index in [1.807, 2.05) is 0 Å². The number of carbonyl (C=O) groups is 1. The highest BCUT2D eigenvalue weighted by Crippen LogP contribution is 2.35. The summed E-state index contributed by atoms with van der Waals surface area (Å²) in [6, 6.07) is 0.970. The van der Waals surface area contributed by atoms with E-state index in [4.69, 9.17) is 0 Å². The maximum absolute atomic E-state index is 12.5. The van der Waals surface area contributed by atoms with E-state index < -0.39 is 11.2 Å². The van der Waals surface area contributed by atoms with Gasteiger partial charge in [0.15, 0.2) is 10.8 Å². The standard InChI is InChI=1S/C13H15F3N2OS/c14-13(15,16)12-17-6-11(20-12)10(19)5-7-3-8-1-2-9(4-7)18-8/h6-9,18H,1-5H2. The van der Waals surface area contributed by atoms with Gasteiger partial charge in [0.25, 0.3) is 0 Å². The fourth-order valence-corrected chi connectivity index (χ4v) is 3.97. The molecule has 0 amide bonds. The fraction of sp³-hybridized carbons (Fsp3) is 0.692. The summed E-state index contributed by atoms with van der Waals surface area (Å²) in [6.07, 6.45) is 1.14. The van der Waals surface area contributed by atoms with Gasteiger partial charge in [-0.15, -0.1) is 11.3 Å². The van der Waals surface area contributed by atoms with Gasteiger partial charge < -0.3 is 5.32 Å². The third-order valence-corrected chi connectivity index (χ3v) is 5.15. The number of Topliss-reactive ketones (excluding diaryl/α,β-unsaturated/α-hetero) is 1. The molecule has 0 aliphatic carbocycles. The lowest BCUT2D eigenvalue weighted by Crippen LogP contribution is -2.38. The van der Waals surface area contributed by atoms with Gasteiger partial charge in [0.2, 0.25) is 0 Å². The summed E-state index contributed by atoms with van der Waals surface area (Å²) in [5.74, 6) is 0.0852. The number of halogens is 3. The molecule has 110 valence electrons. The smallest absolute Gasteiger partial charge is 0.311 e. The van der Waals surface area contributed by atoms with Gasteiger partial charge in [-0.05, 0) is 31.6 Å². The molecule has 1 aromatic heterocycles. The Morgan fingerprint density at radius 3 is 2.55 bits per heavy atom. The van der Waals surface area contributed by atoms with Gasteiger partial charge in [-0.3, -0.25) is 4.79 Å². The predicted molar refractivity (Wildman–Crippen MR) is 68.7 cm³/mol.